The third kappa shape index (κ3) is 7.32. The quantitative estimate of drug-likeness (QED) is 0.699. The summed E-state index contributed by atoms with van der Waals surface area (Å²) in [5.41, 5.74) is 7.29. The van der Waals surface area contributed by atoms with Crippen molar-refractivity contribution in [2.45, 2.75) is 45.6 Å². The molecule has 1 aliphatic rings. The van der Waals surface area contributed by atoms with Gasteiger partial charge in [-0.25, -0.2) is 0 Å². The highest BCUT2D eigenvalue weighted by atomic mass is 35.5. The van der Waals surface area contributed by atoms with E-state index in [-0.39, 0.29) is 36.2 Å². The minimum absolute atomic E-state index is 0. The first-order chi connectivity index (χ1) is 12.9. The van der Waals surface area contributed by atoms with E-state index in [0.29, 0.717) is 26.2 Å². The van der Waals surface area contributed by atoms with Gasteiger partial charge in [0.15, 0.2) is 0 Å². The maximum Gasteiger partial charge on any atom is 0.227 e. The molecule has 0 aliphatic carbocycles. The lowest BCUT2D eigenvalue weighted by atomic mass is 10.0. The highest BCUT2D eigenvalue weighted by Crippen LogP contribution is 2.19. The number of rotatable bonds is 7. The van der Waals surface area contributed by atoms with Crippen LogP contribution in [-0.2, 0) is 16.0 Å². The Balaban J connectivity index is 0.00000392. The number of hydrogen-bond donors (Lipinski definition) is 1. The summed E-state index contributed by atoms with van der Waals surface area (Å²) in [4.78, 5) is 28.0. The van der Waals surface area contributed by atoms with Crippen molar-refractivity contribution in [2.75, 3.05) is 33.3 Å². The first kappa shape index (κ1) is 24.2. The van der Waals surface area contributed by atoms with Gasteiger partial charge in [-0.1, -0.05) is 19.1 Å². The summed E-state index contributed by atoms with van der Waals surface area (Å²) in [7, 11) is 1.82. The van der Waals surface area contributed by atoms with E-state index in [9.17, 15) is 9.59 Å². The minimum atomic E-state index is -0.172. The predicted molar refractivity (Wildman–Crippen MR) is 114 cm³/mol. The van der Waals surface area contributed by atoms with E-state index < -0.39 is 0 Å². The number of amides is 2. The molecular formula is C21H34ClN3O3. The number of carbonyl (C=O) groups is 2. The van der Waals surface area contributed by atoms with Crippen molar-refractivity contribution >= 4 is 24.2 Å². The van der Waals surface area contributed by atoms with E-state index in [0.717, 1.165) is 31.4 Å². The molecule has 0 unspecified atom stereocenters. The van der Waals surface area contributed by atoms with Crippen molar-refractivity contribution in [2.24, 2.45) is 11.7 Å². The molecule has 0 radical (unpaired) electrons. The van der Waals surface area contributed by atoms with Crippen LogP contribution in [0.25, 0.3) is 0 Å². The average Bonchev–Trinajstić information content (AvgIpc) is 2.86. The summed E-state index contributed by atoms with van der Waals surface area (Å²) in [6.07, 6.45) is 3.25. The van der Waals surface area contributed by atoms with Crippen molar-refractivity contribution in [1.82, 2.24) is 9.80 Å². The molecule has 1 saturated heterocycles. The molecule has 2 rings (SSSR count). The van der Waals surface area contributed by atoms with Gasteiger partial charge in [0, 0.05) is 39.6 Å². The molecule has 2 atom stereocenters. The fourth-order valence-corrected chi connectivity index (χ4v) is 3.45. The lowest BCUT2D eigenvalue weighted by Crippen LogP contribution is -2.42. The second-order valence-electron chi connectivity index (χ2n) is 7.42. The molecule has 0 bridgehead atoms. The highest BCUT2D eigenvalue weighted by molar-refractivity contribution is 5.85. The lowest BCUT2D eigenvalue weighted by molar-refractivity contribution is -0.136. The molecule has 2 N–H and O–H groups in total. The van der Waals surface area contributed by atoms with Gasteiger partial charge in [-0.15, -0.1) is 12.4 Å². The van der Waals surface area contributed by atoms with Gasteiger partial charge in [0.1, 0.15) is 5.75 Å². The van der Waals surface area contributed by atoms with Gasteiger partial charge < -0.3 is 20.3 Å². The summed E-state index contributed by atoms with van der Waals surface area (Å²) < 4.78 is 5.80. The van der Waals surface area contributed by atoms with Crippen LogP contribution in [0.5, 0.6) is 5.75 Å². The summed E-state index contributed by atoms with van der Waals surface area (Å²) >= 11 is 0. The zero-order valence-corrected chi connectivity index (χ0v) is 18.0. The summed E-state index contributed by atoms with van der Waals surface area (Å²) in [6, 6.07) is 8.05. The van der Waals surface area contributed by atoms with Crippen molar-refractivity contribution in [3.05, 3.63) is 29.8 Å². The van der Waals surface area contributed by atoms with Gasteiger partial charge in [0.05, 0.1) is 12.5 Å². The molecule has 7 heteroatoms. The summed E-state index contributed by atoms with van der Waals surface area (Å²) in [5, 5.41) is 0. The highest BCUT2D eigenvalue weighted by Gasteiger charge is 2.29. The lowest BCUT2D eigenvalue weighted by Gasteiger charge is -2.26. The average molecular weight is 412 g/mol. The standard InChI is InChI=1S/C21H33N3O3.ClH/c1-4-17-7-5-8-20(13-17)27-12-6-11-23(3)21(26)18-9-10-19(22)15-24(14-18)16(2)25;/h5,7-8,13,18-19H,4,6,9-12,14-15,22H2,1-3H3;1H/t18-,19+;/m1./s1. The number of likely N-dealkylation sites (tertiary alicyclic amines) is 1. The van der Waals surface area contributed by atoms with Crippen LogP contribution >= 0.6 is 12.4 Å². The number of nitrogens with two attached hydrogens (primary N) is 1. The molecule has 1 fully saturated rings. The Kier molecular flexibility index (Phi) is 10.3. The van der Waals surface area contributed by atoms with Crippen LogP contribution in [0.1, 0.15) is 38.7 Å². The third-order valence-electron chi connectivity index (χ3n) is 5.17. The van der Waals surface area contributed by atoms with E-state index in [1.165, 1.54) is 12.5 Å². The number of hydrogen-bond acceptors (Lipinski definition) is 4. The molecule has 6 nitrogen and oxygen atoms in total. The second-order valence-corrected chi connectivity index (χ2v) is 7.42. The smallest absolute Gasteiger partial charge is 0.227 e. The Hall–Kier alpha value is -1.79. The Morgan fingerprint density at radius 1 is 1.29 bits per heavy atom. The largest absolute Gasteiger partial charge is 0.494 e. The molecule has 0 aromatic heterocycles. The van der Waals surface area contributed by atoms with Crippen molar-refractivity contribution < 1.29 is 14.3 Å². The maximum absolute atomic E-state index is 12.8. The molecular weight excluding hydrogens is 378 g/mol. The molecule has 1 heterocycles. The topological polar surface area (TPSA) is 75.9 Å². The van der Waals surface area contributed by atoms with Gasteiger partial charge in [-0.05, 0) is 43.4 Å². The van der Waals surface area contributed by atoms with Crippen molar-refractivity contribution in [3.63, 3.8) is 0 Å². The van der Waals surface area contributed by atoms with E-state index in [4.69, 9.17) is 10.5 Å². The van der Waals surface area contributed by atoms with Gasteiger partial charge in [-0.2, -0.15) is 0 Å². The van der Waals surface area contributed by atoms with Gasteiger partial charge in [0.2, 0.25) is 11.8 Å². The van der Waals surface area contributed by atoms with Crippen LogP contribution in [0, 0.1) is 5.92 Å². The monoisotopic (exact) mass is 411 g/mol. The zero-order chi connectivity index (χ0) is 19.8. The van der Waals surface area contributed by atoms with Gasteiger partial charge in [0.25, 0.3) is 0 Å². The fourth-order valence-electron chi connectivity index (χ4n) is 3.45. The van der Waals surface area contributed by atoms with E-state index in [1.54, 1.807) is 9.80 Å². The fraction of sp³-hybridized carbons (Fsp3) is 0.619. The van der Waals surface area contributed by atoms with Crippen molar-refractivity contribution in [3.8, 4) is 5.75 Å². The molecule has 2 amide bonds. The molecule has 0 saturated carbocycles. The van der Waals surface area contributed by atoms with Crippen LogP contribution in [0.4, 0.5) is 0 Å². The Morgan fingerprint density at radius 2 is 2.04 bits per heavy atom. The van der Waals surface area contributed by atoms with Gasteiger partial charge >= 0.3 is 0 Å². The normalized spacial score (nSPS) is 19.4. The van der Waals surface area contributed by atoms with Crippen LogP contribution in [0.2, 0.25) is 0 Å². The number of nitrogens with zero attached hydrogens (tertiary/aromatic N) is 2. The molecule has 158 valence electrons. The van der Waals surface area contributed by atoms with Crippen LogP contribution in [-0.4, -0.2) is 60.9 Å². The zero-order valence-electron chi connectivity index (χ0n) is 17.2. The van der Waals surface area contributed by atoms with Crippen LogP contribution < -0.4 is 10.5 Å². The molecule has 1 aliphatic heterocycles. The SMILES string of the molecule is CCc1cccc(OCCCN(C)C(=O)[C@@H]2CC[C@H](N)CN(C(C)=O)C2)c1.Cl. The van der Waals surface area contributed by atoms with Crippen LogP contribution in [0.3, 0.4) is 0 Å². The van der Waals surface area contributed by atoms with Gasteiger partial charge in [-0.3, -0.25) is 9.59 Å². The molecule has 28 heavy (non-hydrogen) atoms. The molecule has 1 aromatic rings. The molecule has 0 spiro atoms. The van der Waals surface area contributed by atoms with E-state index >= 15 is 0 Å². The maximum atomic E-state index is 12.8. The Bertz CT molecular complexity index is 641. The van der Waals surface area contributed by atoms with E-state index in [2.05, 4.69) is 19.1 Å². The third-order valence-corrected chi connectivity index (χ3v) is 5.17. The summed E-state index contributed by atoms with van der Waals surface area (Å²) in [6.45, 7) is 5.86. The first-order valence-electron chi connectivity index (χ1n) is 9.88. The second kappa shape index (κ2) is 11.9. The number of carbonyl (C=O) groups excluding carboxylic acids is 2. The summed E-state index contributed by atoms with van der Waals surface area (Å²) in [5.74, 6) is 0.770. The Morgan fingerprint density at radius 3 is 2.71 bits per heavy atom. The molecule has 1 aromatic carbocycles. The number of aryl methyl sites for hydroxylation is 1. The minimum Gasteiger partial charge on any atom is -0.494 e. The first-order valence-corrected chi connectivity index (χ1v) is 9.88. The number of ether oxygens (including phenoxy) is 1. The number of halogens is 1. The van der Waals surface area contributed by atoms with E-state index in [1.807, 2.05) is 19.2 Å². The van der Waals surface area contributed by atoms with Crippen LogP contribution in [0.15, 0.2) is 24.3 Å². The number of benzene rings is 1. The Labute approximate surface area is 174 Å². The van der Waals surface area contributed by atoms with Crippen molar-refractivity contribution in [1.29, 1.82) is 0 Å². The predicted octanol–water partition coefficient (Wildman–Crippen LogP) is 2.48.